The lowest BCUT2D eigenvalue weighted by atomic mass is 9.84. The molecule has 3 heterocycles. The number of aryl methyl sites for hydroxylation is 1. The van der Waals surface area contributed by atoms with E-state index in [0.29, 0.717) is 11.8 Å². The molecule has 0 aromatic carbocycles. The van der Waals surface area contributed by atoms with E-state index in [9.17, 15) is 9.59 Å². The fourth-order valence-electron chi connectivity index (χ4n) is 3.75. The molecule has 2 amide bonds. The number of carbonyl (C=O) groups is 2. The van der Waals surface area contributed by atoms with Gasteiger partial charge in [-0.25, -0.2) is 0 Å². The lowest BCUT2D eigenvalue weighted by molar-refractivity contribution is -0.130. The summed E-state index contributed by atoms with van der Waals surface area (Å²) < 4.78 is 0. The van der Waals surface area contributed by atoms with E-state index in [1.54, 1.807) is 18.3 Å². The second kappa shape index (κ2) is 6.41. The maximum atomic E-state index is 12.5. The Balaban J connectivity index is 1.54. The summed E-state index contributed by atoms with van der Waals surface area (Å²) in [5.74, 6) is 1.66. The van der Waals surface area contributed by atoms with E-state index in [0.717, 1.165) is 50.3 Å². The van der Waals surface area contributed by atoms with Crippen molar-refractivity contribution in [2.24, 2.45) is 11.8 Å². The molecule has 3 rings (SSSR count). The number of nitrogens with zero attached hydrogens (tertiary/aromatic N) is 2. The fraction of sp³-hybridized carbons (Fsp3) is 0.647. The molecule has 2 aliphatic rings. The number of rotatable bonds is 2. The van der Waals surface area contributed by atoms with Crippen LogP contribution in [0.15, 0.2) is 12.1 Å². The zero-order chi connectivity index (χ0) is 15.7. The molecule has 2 saturated heterocycles. The molecule has 0 spiro atoms. The van der Waals surface area contributed by atoms with Crippen molar-refractivity contribution >= 4 is 23.2 Å². The zero-order valence-corrected chi connectivity index (χ0v) is 14.2. The molecule has 0 aliphatic carbocycles. The minimum absolute atomic E-state index is 0.190. The van der Waals surface area contributed by atoms with Crippen LogP contribution in [-0.2, 0) is 4.79 Å². The smallest absolute Gasteiger partial charge is 0.263 e. The number of likely N-dealkylation sites (tertiary alicyclic amines) is 2. The number of hydrogen-bond donors (Lipinski definition) is 0. The van der Waals surface area contributed by atoms with E-state index in [1.807, 2.05) is 28.9 Å². The Hall–Kier alpha value is -1.36. The molecule has 1 atom stereocenters. The third-order valence-electron chi connectivity index (χ3n) is 5.11. The quantitative estimate of drug-likeness (QED) is 0.841. The lowest BCUT2D eigenvalue weighted by Crippen LogP contribution is -2.39. The van der Waals surface area contributed by atoms with Gasteiger partial charge in [-0.3, -0.25) is 9.59 Å². The number of carbonyl (C=O) groups excluding carboxylic acids is 2. The summed E-state index contributed by atoms with van der Waals surface area (Å²) in [7, 11) is 0. The topological polar surface area (TPSA) is 40.6 Å². The lowest BCUT2D eigenvalue weighted by Gasteiger charge is -2.34. The van der Waals surface area contributed by atoms with E-state index in [1.165, 1.54) is 4.88 Å². The standard InChI is InChI=1S/C17H24N2O2S/c1-12-3-4-16(22-12)17(21)19-10-7-15(11-19)14-5-8-18(9-6-14)13(2)20/h3-4,14-15H,5-11H2,1-2H3. The summed E-state index contributed by atoms with van der Waals surface area (Å²) in [4.78, 5) is 29.9. The second-order valence-corrected chi connectivity index (χ2v) is 7.84. The first-order chi connectivity index (χ1) is 10.5. The van der Waals surface area contributed by atoms with Crippen LogP contribution in [0.4, 0.5) is 0 Å². The van der Waals surface area contributed by atoms with Crippen molar-refractivity contribution in [3.63, 3.8) is 0 Å². The number of amides is 2. The van der Waals surface area contributed by atoms with Crippen molar-refractivity contribution in [1.29, 1.82) is 0 Å². The SMILES string of the molecule is CC(=O)N1CCC(C2CCN(C(=O)c3ccc(C)s3)C2)CC1. The highest BCUT2D eigenvalue weighted by Crippen LogP contribution is 2.33. The van der Waals surface area contributed by atoms with Crippen LogP contribution >= 0.6 is 11.3 Å². The monoisotopic (exact) mass is 320 g/mol. The van der Waals surface area contributed by atoms with Gasteiger partial charge in [-0.05, 0) is 50.2 Å². The molecule has 22 heavy (non-hydrogen) atoms. The highest BCUT2D eigenvalue weighted by molar-refractivity contribution is 7.13. The third kappa shape index (κ3) is 3.19. The molecule has 1 aromatic heterocycles. The molecule has 0 radical (unpaired) electrons. The number of hydrogen-bond acceptors (Lipinski definition) is 3. The van der Waals surface area contributed by atoms with Crippen molar-refractivity contribution in [2.45, 2.75) is 33.1 Å². The van der Waals surface area contributed by atoms with Gasteiger partial charge in [-0.1, -0.05) is 0 Å². The van der Waals surface area contributed by atoms with Crippen LogP contribution < -0.4 is 0 Å². The van der Waals surface area contributed by atoms with Gasteiger partial charge in [0.05, 0.1) is 4.88 Å². The molecule has 0 bridgehead atoms. The minimum atomic E-state index is 0.190. The summed E-state index contributed by atoms with van der Waals surface area (Å²) in [5, 5.41) is 0. The third-order valence-corrected chi connectivity index (χ3v) is 6.10. The average Bonchev–Trinajstić information content (AvgIpc) is 3.15. The van der Waals surface area contributed by atoms with E-state index >= 15 is 0 Å². The van der Waals surface area contributed by atoms with Crippen molar-refractivity contribution < 1.29 is 9.59 Å². The summed E-state index contributed by atoms with van der Waals surface area (Å²) >= 11 is 1.59. The molecule has 0 saturated carbocycles. The molecule has 1 aromatic rings. The van der Waals surface area contributed by atoms with Gasteiger partial charge in [0.25, 0.3) is 5.91 Å². The molecule has 4 nitrogen and oxygen atoms in total. The summed E-state index contributed by atoms with van der Waals surface area (Å²) in [5.41, 5.74) is 0. The van der Waals surface area contributed by atoms with Gasteiger partial charge in [0.1, 0.15) is 0 Å². The van der Waals surface area contributed by atoms with Crippen LogP contribution in [0.3, 0.4) is 0 Å². The summed E-state index contributed by atoms with van der Waals surface area (Å²) in [6, 6.07) is 3.96. The van der Waals surface area contributed by atoms with Gasteiger partial charge in [0.15, 0.2) is 0 Å². The number of piperidine rings is 1. The Labute approximate surface area is 136 Å². The Morgan fingerprint density at radius 3 is 2.27 bits per heavy atom. The van der Waals surface area contributed by atoms with E-state index < -0.39 is 0 Å². The van der Waals surface area contributed by atoms with Gasteiger partial charge in [0, 0.05) is 38.0 Å². The Kier molecular flexibility index (Phi) is 4.52. The van der Waals surface area contributed by atoms with Gasteiger partial charge in [-0.2, -0.15) is 0 Å². The van der Waals surface area contributed by atoms with E-state index in [4.69, 9.17) is 0 Å². The first-order valence-electron chi connectivity index (χ1n) is 8.16. The Bertz CT molecular complexity index is 561. The first kappa shape index (κ1) is 15.5. The highest BCUT2D eigenvalue weighted by Gasteiger charge is 2.34. The Morgan fingerprint density at radius 1 is 1.05 bits per heavy atom. The summed E-state index contributed by atoms with van der Waals surface area (Å²) in [6.07, 6.45) is 3.29. The van der Waals surface area contributed by atoms with Crippen molar-refractivity contribution in [2.75, 3.05) is 26.2 Å². The van der Waals surface area contributed by atoms with Gasteiger partial charge < -0.3 is 9.80 Å². The maximum absolute atomic E-state index is 12.5. The van der Waals surface area contributed by atoms with Crippen LogP contribution in [0.25, 0.3) is 0 Å². The van der Waals surface area contributed by atoms with Crippen LogP contribution in [-0.4, -0.2) is 47.8 Å². The molecule has 1 unspecified atom stereocenters. The van der Waals surface area contributed by atoms with Crippen LogP contribution in [0.1, 0.15) is 40.7 Å². The van der Waals surface area contributed by atoms with Gasteiger partial charge in [0.2, 0.25) is 5.91 Å². The Morgan fingerprint density at radius 2 is 1.68 bits per heavy atom. The van der Waals surface area contributed by atoms with Crippen LogP contribution in [0.5, 0.6) is 0 Å². The normalized spacial score (nSPS) is 23.1. The minimum Gasteiger partial charge on any atom is -0.343 e. The zero-order valence-electron chi connectivity index (χ0n) is 13.4. The largest absolute Gasteiger partial charge is 0.343 e. The van der Waals surface area contributed by atoms with Crippen LogP contribution in [0.2, 0.25) is 0 Å². The first-order valence-corrected chi connectivity index (χ1v) is 8.97. The predicted octanol–water partition coefficient (Wildman–Crippen LogP) is 2.78. The predicted molar refractivity (Wildman–Crippen MR) is 88.0 cm³/mol. The molecular formula is C17H24N2O2S. The molecule has 2 aliphatic heterocycles. The van der Waals surface area contributed by atoms with Gasteiger partial charge in [-0.15, -0.1) is 11.3 Å². The molecule has 2 fully saturated rings. The summed E-state index contributed by atoms with van der Waals surface area (Å²) in [6.45, 7) is 7.23. The van der Waals surface area contributed by atoms with Crippen molar-refractivity contribution in [3.05, 3.63) is 21.9 Å². The fourth-order valence-corrected chi connectivity index (χ4v) is 4.58. The van der Waals surface area contributed by atoms with Crippen LogP contribution in [0, 0.1) is 18.8 Å². The maximum Gasteiger partial charge on any atom is 0.263 e. The number of thiophene rings is 1. The molecule has 0 N–H and O–H groups in total. The average molecular weight is 320 g/mol. The molecular weight excluding hydrogens is 296 g/mol. The van der Waals surface area contributed by atoms with Gasteiger partial charge >= 0.3 is 0 Å². The van der Waals surface area contributed by atoms with Crippen molar-refractivity contribution in [3.8, 4) is 0 Å². The van der Waals surface area contributed by atoms with E-state index in [-0.39, 0.29) is 11.8 Å². The molecule has 5 heteroatoms. The highest BCUT2D eigenvalue weighted by atomic mass is 32.1. The van der Waals surface area contributed by atoms with Crippen molar-refractivity contribution in [1.82, 2.24) is 9.80 Å². The molecule has 120 valence electrons. The second-order valence-electron chi connectivity index (χ2n) is 6.55. The van der Waals surface area contributed by atoms with E-state index in [2.05, 4.69) is 0 Å².